The van der Waals surface area contributed by atoms with Gasteiger partial charge in [-0.3, -0.25) is 10.1 Å². The molecule has 6 heteroatoms. The number of nitro groups is 1. The van der Waals surface area contributed by atoms with Crippen LogP contribution >= 0.6 is 12.6 Å². The van der Waals surface area contributed by atoms with Gasteiger partial charge in [-0.1, -0.05) is 0 Å². The van der Waals surface area contributed by atoms with Gasteiger partial charge in [-0.2, -0.15) is 0 Å². The van der Waals surface area contributed by atoms with Gasteiger partial charge in [0.2, 0.25) is 0 Å². The number of hydrogen-bond acceptors (Lipinski definition) is 4. The van der Waals surface area contributed by atoms with Crippen molar-refractivity contribution in [1.29, 1.82) is 0 Å². The number of non-ortho nitro benzene ring substituents is 1. The summed E-state index contributed by atoms with van der Waals surface area (Å²) < 4.78 is 0. The van der Waals surface area contributed by atoms with E-state index < -0.39 is 10.9 Å². The zero-order chi connectivity index (χ0) is 11.4. The average Bonchev–Trinajstić information content (AvgIpc) is 2.15. The normalized spacial score (nSPS) is 10.5. The maximum Gasteiger partial charge on any atom is 0.328 e. The van der Waals surface area contributed by atoms with Crippen LogP contribution in [0.15, 0.2) is 29.2 Å². The van der Waals surface area contributed by atoms with E-state index in [4.69, 9.17) is 5.11 Å². The van der Waals surface area contributed by atoms with Crippen molar-refractivity contribution in [2.75, 3.05) is 0 Å². The summed E-state index contributed by atoms with van der Waals surface area (Å²) in [7, 11) is 0. The fourth-order valence-electron chi connectivity index (χ4n) is 0.948. The van der Waals surface area contributed by atoms with Crippen molar-refractivity contribution < 1.29 is 14.8 Å². The molecule has 0 spiro atoms. The topological polar surface area (TPSA) is 80.4 Å². The molecule has 1 aromatic rings. The summed E-state index contributed by atoms with van der Waals surface area (Å²) in [6, 6.07) is 4.01. The van der Waals surface area contributed by atoms with Gasteiger partial charge in [0.15, 0.2) is 0 Å². The van der Waals surface area contributed by atoms with Gasteiger partial charge < -0.3 is 5.11 Å². The van der Waals surface area contributed by atoms with Gasteiger partial charge in [-0.05, 0) is 17.7 Å². The molecule has 0 bridgehead atoms. The number of carboxylic acids is 1. The maximum absolute atomic E-state index is 10.4. The Morgan fingerprint density at radius 1 is 1.53 bits per heavy atom. The monoisotopic (exact) mass is 225 g/mol. The van der Waals surface area contributed by atoms with Crippen molar-refractivity contribution >= 4 is 30.4 Å². The first-order valence-corrected chi connectivity index (χ1v) is 4.34. The van der Waals surface area contributed by atoms with Gasteiger partial charge in [-0.15, -0.1) is 12.6 Å². The Labute approximate surface area is 90.6 Å². The Kier molecular flexibility index (Phi) is 3.46. The fraction of sp³-hybridized carbons (Fsp3) is 0. The van der Waals surface area contributed by atoms with Crippen LogP contribution < -0.4 is 0 Å². The van der Waals surface area contributed by atoms with Gasteiger partial charge in [-0.25, -0.2) is 4.79 Å². The molecular weight excluding hydrogens is 218 g/mol. The van der Waals surface area contributed by atoms with Crippen molar-refractivity contribution in [3.05, 3.63) is 40.0 Å². The van der Waals surface area contributed by atoms with E-state index in [-0.39, 0.29) is 5.69 Å². The Morgan fingerprint density at radius 3 is 2.67 bits per heavy atom. The lowest BCUT2D eigenvalue weighted by Crippen LogP contribution is -1.89. The number of benzene rings is 1. The summed E-state index contributed by atoms with van der Waals surface area (Å²) in [5.74, 6) is -1.08. The molecule has 0 fully saturated rings. The first kappa shape index (κ1) is 11.3. The molecule has 0 aliphatic rings. The molecule has 0 aromatic heterocycles. The molecule has 0 radical (unpaired) electrons. The quantitative estimate of drug-likeness (QED) is 0.356. The molecule has 15 heavy (non-hydrogen) atoms. The Hall–Kier alpha value is -1.82. The number of thiol groups is 1. The highest BCUT2D eigenvalue weighted by atomic mass is 32.1. The minimum Gasteiger partial charge on any atom is -0.478 e. The first-order chi connectivity index (χ1) is 7.00. The Morgan fingerprint density at radius 2 is 2.20 bits per heavy atom. The summed E-state index contributed by atoms with van der Waals surface area (Å²) in [6.07, 6.45) is 2.27. The van der Waals surface area contributed by atoms with Crippen LogP contribution in [0, 0.1) is 10.1 Å². The van der Waals surface area contributed by atoms with Crippen LogP contribution in [0.3, 0.4) is 0 Å². The van der Waals surface area contributed by atoms with E-state index in [1.807, 2.05) is 0 Å². The van der Waals surface area contributed by atoms with Gasteiger partial charge >= 0.3 is 5.97 Å². The number of aliphatic carboxylic acids is 1. The minimum absolute atomic E-state index is 0.0764. The highest BCUT2D eigenvalue weighted by molar-refractivity contribution is 7.80. The Balaban J connectivity index is 3.03. The predicted octanol–water partition coefficient (Wildman–Crippen LogP) is 1.98. The third-order valence-electron chi connectivity index (χ3n) is 1.63. The molecule has 0 heterocycles. The molecule has 0 saturated carbocycles. The van der Waals surface area contributed by atoms with Crippen molar-refractivity contribution in [2.45, 2.75) is 4.90 Å². The summed E-state index contributed by atoms with van der Waals surface area (Å²) in [4.78, 5) is 20.5. The molecular formula is C9H7NO4S. The number of nitro benzene ring substituents is 1. The van der Waals surface area contributed by atoms with Gasteiger partial charge in [0.1, 0.15) is 0 Å². The molecule has 78 valence electrons. The number of nitrogens with zero attached hydrogens (tertiary/aromatic N) is 1. The number of rotatable bonds is 3. The summed E-state index contributed by atoms with van der Waals surface area (Å²) in [5, 5.41) is 18.8. The molecule has 5 nitrogen and oxygen atoms in total. The Bertz CT molecular complexity index is 442. The summed E-state index contributed by atoms with van der Waals surface area (Å²) in [6.45, 7) is 0. The predicted molar refractivity (Wildman–Crippen MR) is 57.0 cm³/mol. The van der Waals surface area contributed by atoms with Gasteiger partial charge in [0, 0.05) is 23.1 Å². The summed E-state index contributed by atoms with van der Waals surface area (Å²) in [5.41, 5.74) is 0.443. The van der Waals surface area contributed by atoms with E-state index in [0.717, 1.165) is 6.08 Å². The lowest BCUT2D eigenvalue weighted by atomic mass is 10.2. The maximum atomic E-state index is 10.4. The third kappa shape index (κ3) is 3.10. The molecule has 1 N–H and O–H groups in total. The van der Waals surface area contributed by atoms with E-state index in [0.29, 0.717) is 10.5 Å². The van der Waals surface area contributed by atoms with Crippen LogP contribution in [-0.2, 0) is 4.79 Å². The standard InChI is InChI=1S/C9H7NO4S/c11-9(12)4-2-6-1-3-7(10(13)14)5-8(6)15/h1-5,15H,(H,11,12)/b4-2+. The lowest BCUT2D eigenvalue weighted by Gasteiger charge is -1.98. The molecule has 0 aliphatic carbocycles. The number of carboxylic acid groups (broad SMARTS) is 1. The van der Waals surface area contributed by atoms with Crippen molar-refractivity contribution in [1.82, 2.24) is 0 Å². The van der Waals surface area contributed by atoms with Gasteiger partial charge in [0.05, 0.1) is 4.92 Å². The zero-order valence-electron chi connectivity index (χ0n) is 7.45. The second-order valence-electron chi connectivity index (χ2n) is 2.67. The van der Waals surface area contributed by atoms with E-state index in [1.54, 1.807) is 0 Å². The van der Waals surface area contributed by atoms with Gasteiger partial charge in [0.25, 0.3) is 5.69 Å². The average molecular weight is 225 g/mol. The molecule has 0 saturated heterocycles. The van der Waals surface area contributed by atoms with Crippen LogP contribution in [0.1, 0.15) is 5.56 Å². The first-order valence-electron chi connectivity index (χ1n) is 3.89. The van der Waals surface area contributed by atoms with Crippen LogP contribution in [-0.4, -0.2) is 16.0 Å². The van der Waals surface area contributed by atoms with Crippen molar-refractivity contribution in [3.8, 4) is 0 Å². The molecule has 0 aliphatic heterocycles. The van der Waals surface area contributed by atoms with E-state index >= 15 is 0 Å². The van der Waals surface area contributed by atoms with Crippen LogP contribution in [0.25, 0.3) is 6.08 Å². The molecule has 0 amide bonds. The third-order valence-corrected chi connectivity index (χ3v) is 2.02. The van der Waals surface area contributed by atoms with Crippen molar-refractivity contribution in [2.24, 2.45) is 0 Å². The second kappa shape index (κ2) is 4.61. The van der Waals surface area contributed by atoms with E-state index in [1.165, 1.54) is 24.3 Å². The fourth-order valence-corrected chi connectivity index (χ4v) is 1.23. The second-order valence-corrected chi connectivity index (χ2v) is 3.15. The highest BCUT2D eigenvalue weighted by Crippen LogP contribution is 2.21. The van der Waals surface area contributed by atoms with Crippen LogP contribution in [0.5, 0.6) is 0 Å². The number of carbonyl (C=O) groups is 1. The van der Waals surface area contributed by atoms with E-state index in [9.17, 15) is 14.9 Å². The highest BCUT2D eigenvalue weighted by Gasteiger charge is 2.06. The van der Waals surface area contributed by atoms with E-state index in [2.05, 4.69) is 12.6 Å². The smallest absolute Gasteiger partial charge is 0.328 e. The molecule has 0 atom stereocenters. The minimum atomic E-state index is -1.08. The molecule has 1 aromatic carbocycles. The lowest BCUT2D eigenvalue weighted by molar-refractivity contribution is -0.385. The summed E-state index contributed by atoms with van der Waals surface area (Å²) >= 11 is 4.02. The zero-order valence-corrected chi connectivity index (χ0v) is 8.35. The van der Waals surface area contributed by atoms with Crippen molar-refractivity contribution in [3.63, 3.8) is 0 Å². The number of hydrogen-bond donors (Lipinski definition) is 2. The van der Waals surface area contributed by atoms with Crippen LogP contribution in [0.4, 0.5) is 5.69 Å². The molecule has 0 unspecified atom stereocenters. The molecule has 1 rings (SSSR count). The SMILES string of the molecule is O=C(O)/C=C/c1ccc([N+](=O)[O-])cc1S. The largest absolute Gasteiger partial charge is 0.478 e. The van der Waals surface area contributed by atoms with Crippen LogP contribution in [0.2, 0.25) is 0 Å².